The number of imidazole rings is 1. The summed E-state index contributed by atoms with van der Waals surface area (Å²) < 4.78 is 7.93. The molecular weight excluding hydrogens is 264 g/mol. The molecule has 0 atom stereocenters. The molecule has 19 heavy (non-hydrogen) atoms. The first kappa shape index (κ1) is 11.6. The van der Waals surface area contributed by atoms with Crippen molar-refractivity contribution in [1.29, 1.82) is 0 Å². The van der Waals surface area contributed by atoms with Gasteiger partial charge in [-0.3, -0.25) is 0 Å². The first-order chi connectivity index (χ1) is 9.06. The van der Waals surface area contributed by atoms with Crippen molar-refractivity contribution in [2.24, 2.45) is 0 Å². The molecule has 0 saturated heterocycles. The number of fused-ring (bicyclic) bond motifs is 3. The quantitative estimate of drug-likeness (QED) is 0.753. The Labute approximate surface area is 116 Å². The fourth-order valence-electron chi connectivity index (χ4n) is 2.76. The van der Waals surface area contributed by atoms with Crippen molar-refractivity contribution in [3.8, 4) is 0 Å². The molecular formula is C13H15ClN4O. The molecule has 6 heteroatoms. The molecule has 3 heterocycles. The third-order valence-corrected chi connectivity index (χ3v) is 4.04. The van der Waals surface area contributed by atoms with E-state index in [-0.39, 0.29) is 5.60 Å². The van der Waals surface area contributed by atoms with E-state index >= 15 is 0 Å². The Morgan fingerprint density at radius 1 is 1.26 bits per heavy atom. The van der Waals surface area contributed by atoms with E-state index in [0.717, 1.165) is 29.2 Å². The van der Waals surface area contributed by atoms with Gasteiger partial charge in [0.2, 0.25) is 5.28 Å². The van der Waals surface area contributed by atoms with Crippen LogP contribution in [0, 0.1) is 0 Å². The Kier molecular flexibility index (Phi) is 2.24. The van der Waals surface area contributed by atoms with Crippen LogP contribution in [0.25, 0.3) is 11.2 Å². The van der Waals surface area contributed by atoms with Crippen molar-refractivity contribution >= 4 is 22.8 Å². The van der Waals surface area contributed by atoms with Crippen LogP contribution >= 0.6 is 11.6 Å². The summed E-state index contributed by atoms with van der Waals surface area (Å²) in [6.07, 6.45) is 2.34. The molecule has 0 amide bonds. The Morgan fingerprint density at radius 2 is 2.05 bits per heavy atom. The molecule has 1 aliphatic heterocycles. The molecule has 2 aromatic heterocycles. The van der Waals surface area contributed by atoms with E-state index in [0.29, 0.717) is 17.8 Å². The monoisotopic (exact) mass is 278 g/mol. The zero-order valence-electron chi connectivity index (χ0n) is 11.0. The number of hydrogen-bond acceptors (Lipinski definition) is 4. The summed E-state index contributed by atoms with van der Waals surface area (Å²) in [5.41, 5.74) is 2.38. The molecule has 2 aliphatic rings. The fraction of sp³-hybridized carbons (Fsp3) is 0.615. The zero-order chi connectivity index (χ0) is 13.2. The van der Waals surface area contributed by atoms with E-state index in [1.807, 2.05) is 13.8 Å². The summed E-state index contributed by atoms with van der Waals surface area (Å²) in [7, 11) is 0. The second kappa shape index (κ2) is 3.67. The molecule has 0 spiro atoms. The standard InChI is InChI=1S/C13H15ClN4O/c1-13(2)11-15-9-8(7-3-4-7)16-12(14)17-10(9)18(11)5-6-19-13/h7H,3-6H2,1-2H3. The minimum absolute atomic E-state index is 0.321. The van der Waals surface area contributed by atoms with E-state index < -0.39 is 0 Å². The molecule has 0 aromatic carbocycles. The van der Waals surface area contributed by atoms with Gasteiger partial charge in [-0.15, -0.1) is 0 Å². The second-order valence-electron chi connectivity index (χ2n) is 5.77. The molecule has 0 unspecified atom stereocenters. The molecule has 1 saturated carbocycles. The molecule has 1 fully saturated rings. The maximum atomic E-state index is 6.07. The van der Waals surface area contributed by atoms with Crippen molar-refractivity contribution in [2.75, 3.05) is 6.61 Å². The lowest BCUT2D eigenvalue weighted by molar-refractivity contribution is -0.0530. The average molecular weight is 279 g/mol. The topological polar surface area (TPSA) is 52.8 Å². The van der Waals surface area contributed by atoms with Crippen molar-refractivity contribution in [2.45, 2.75) is 44.8 Å². The second-order valence-corrected chi connectivity index (χ2v) is 6.11. The van der Waals surface area contributed by atoms with Crippen LogP contribution < -0.4 is 0 Å². The third-order valence-electron chi connectivity index (χ3n) is 3.87. The van der Waals surface area contributed by atoms with Gasteiger partial charge in [-0.05, 0) is 38.3 Å². The highest BCUT2D eigenvalue weighted by atomic mass is 35.5. The van der Waals surface area contributed by atoms with Gasteiger partial charge in [0.05, 0.1) is 12.3 Å². The maximum absolute atomic E-state index is 6.07. The van der Waals surface area contributed by atoms with Crippen molar-refractivity contribution in [1.82, 2.24) is 19.5 Å². The van der Waals surface area contributed by atoms with E-state index in [2.05, 4.69) is 14.5 Å². The van der Waals surface area contributed by atoms with Gasteiger partial charge in [0, 0.05) is 12.5 Å². The smallest absolute Gasteiger partial charge is 0.224 e. The number of aromatic nitrogens is 4. The lowest BCUT2D eigenvalue weighted by atomic mass is 10.1. The van der Waals surface area contributed by atoms with Gasteiger partial charge in [-0.25, -0.2) is 9.97 Å². The van der Waals surface area contributed by atoms with Gasteiger partial charge in [0.25, 0.3) is 0 Å². The van der Waals surface area contributed by atoms with Gasteiger partial charge >= 0.3 is 0 Å². The SMILES string of the molecule is CC1(C)OCCn2c1nc1c(C3CC3)nc(Cl)nc12. The largest absolute Gasteiger partial charge is 0.366 e. The Hall–Kier alpha value is -1.20. The van der Waals surface area contributed by atoms with Gasteiger partial charge in [0.15, 0.2) is 5.65 Å². The highest BCUT2D eigenvalue weighted by molar-refractivity contribution is 6.28. The minimum atomic E-state index is -0.383. The number of halogens is 1. The lowest BCUT2D eigenvalue weighted by Crippen LogP contribution is -2.33. The summed E-state index contributed by atoms with van der Waals surface area (Å²) in [5, 5.41) is 0.321. The fourth-order valence-corrected chi connectivity index (χ4v) is 2.93. The minimum Gasteiger partial charge on any atom is -0.366 e. The molecule has 5 nitrogen and oxygen atoms in total. The van der Waals surface area contributed by atoms with Crippen LogP contribution in [0.15, 0.2) is 0 Å². The average Bonchev–Trinajstić information content (AvgIpc) is 3.11. The Bertz CT molecular complexity index is 675. The summed E-state index contributed by atoms with van der Waals surface area (Å²) in [6, 6.07) is 0. The number of nitrogens with zero attached hydrogens (tertiary/aromatic N) is 4. The summed E-state index contributed by atoms with van der Waals surface area (Å²) in [6.45, 7) is 5.52. The normalized spacial score (nSPS) is 21.6. The van der Waals surface area contributed by atoms with Crippen molar-refractivity contribution < 1.29 is 4.74 Å². The van der Waals surface area contributed by atoms with Gasteiger partial charge in [-0.2, -0.15) is 4.98 Å². The van der Waals surface area contributed by atoms with Crippen LogP contribution in [0.4, 0.5) is 0 Å². The number of ether oxygens (including phenoxy) is 1. The number of hydrogen-bond donors (Lipinski definition) is 0. The van der Waals surface area contributed by atoms with E-state index in [1.54, 1.807) is 0 Å². The van der Waals surface area contributed by atoms with Crippen LogP contribution in [0.2, 0.25) is 5.28 Å². The highest BCUT2D eigenvalue weighted by Crippen LogP contribution is 2.43. The van der Waals surface area contributed by atoms with Crippen molar-refractivity contribution in [3.05, 3.63) is 16.8 Å². The molecule has 0 bridgehead atoms. The third kappa shape index (κ3) is 1.68. The van der Waals surface area contributed by atoms with Crippen LogP contribution in [0.1, 0.15) is 44.1 Å². The number of rotatable bonds is 1. The highest BCUT2D eigenvalue weighted by Gasteiger charge is 2.36. The van der Waals surface area contributed by atoms with Crippen LogP contribution in [-0.4, -0.2) is 26.1 Å². The molecule has 100 valence electrons. The first-order valence-electron chi connectivity index (χ1n) is 6.64. The van der Waals surface area contributed by atoms with Crippen LogP contribution in [0.3, 0.4) is 0 Å². The van der Waals surface area contributed by atoms with Gasteiger partial charge in [0.1, 0.15) is 16.9 Å². The predicted octanol–water partition coefficient (Wildman–Crippen LogP) is 2.62. The molecule has 0 radical (unpaired) electrons. The molecule has 4 rings (SSSR count). The first-order valence-corrected chi connectivity index (χ1v) is 7.02. The van der Waals surface area contributed by atoms with E-state index in [1.165, 1.54) is 12.8 Å². The molecule has 2 aromatic rings. The lowest BCUT2D eigenvalue weighted by Gasteiger charge is -2.30. The van der Waals surface area contributed by atoms with Crippen LogP contribution in [0.5, 0.6) is 0 Å². The van der Waals surface area contributed by atoms with Crippen LogP contribution in [-0.2, 0) is 16.9 Å². The summed E-state index contributed by atoms with van der Waals surface area (Å²) in [4.78, 5) is 13.5. The van der Waals surface area contributed by atoms with E-state index in [4.69, 9.17) is 21.3 Å². The molecule has 1 aliphatic carbocycles. The molecule has 0 N–H and O–H groups in total. The van der Waals surface area contributed by atoms with Gasteiger partial charge < -0.3 is 9.30 Å². The zero-order valence-corrected chi connectivity index (χ0v) is 11.7. The summed E-state index contributed by atoms with van der Waals surface area (Å²) in [5.74, 6) is 1.43. The Balaban J connectivity index is 2.04. The summed E-state index contributed by atoms with van der Waals surface area (Å²) >= 11 is 6.07. The predicted molar refractivity (Wildman–Crippen MR) is 71.3 cm³/mol. The van der Waals surface area contributed by atoms with Gasteiger partial charge in [-0.1, -0.05) is 0 Å². The van der Waals surface area contributed by atoms with Crippen molar-refractivity contribution in [3.63, 3.8) is 0 Å². The maximum Gasteiger partial charge on any atom is 0.224 e. The van der Waals surface area contributed by atoms with E-state index in [9.17, 15) is 0 Å². The Morgan fingerprint density at radius 3 is 2.79 bits per heavy atom.